The molecule has 3 nitrogen and oxygen atoms in total. The fraction of sp³-hybridized carbons (Fsp3) is 0.857. The first-order chi connectivity index (χ1) is 4.75. The molecule has 56 valence electrons. The highest BCUT2D eigenvalue weighted by atomic mass is 16.3. The quantitative estimate of drug-likeness (QED) is 0.549. The Kier molecular flexibility index (Phi) is 1.06. The topological polar surface area (TPSA) is 40.5 Å². The van der Waals surface area contributed by atoms with E-state index >= 15 is 0 Å². The van der Waals surface area contributed by atoms with Crippen molar-refractivity contribution in [1.29, 1.82) is 0 Å². The van der Waals surface area contributed by atoms with Gasteiger partial charge >= 0.3 is 0 Å². The molecule has 3 atom stereocenters. The van der Waals surface area contributed by atoms with E-state index < -0.39 is 6.23 Å². The molecule has 1 aliphatic carbocycles. The number of hydrogen-bond acceptors (Lipinski definition) is 2. The first-order valence-electron chi connectivity index (χ1n) is 3.74. The molecule has 1 saturated heterocycles. The molecule has 1 saturated carbocycles. The molecule has 2 fully saturated rings. The van der Waals surface area contributed by atoms with Gasteiger partial charge in [0.25, 0.3) is 0 Å². The van der Waals surface area contributed by atoms with Crippen molar-refractivity contribution in [2.45, 2.75) is 19.6 Å². The van der Waals surface area contributed by atoms with E-state index in [0.717, 1.165) is 6.42 Å². The minimum atomic E-state index is -0.470. The Morgan fingerprint density at radius 1 is 1.80 bits per heavy atom. The predicted molar refractivity (Wildman–Crippen MR) is 35.0 cm³/mol. The van der Waals surface area contributed by atoms with Crippen LogP contribution in [0.5, 0.6) is 0 Å². The third kappa shape index (κ3) is 0.560. The summed E-state index contributed by atoms with van der Waals surface area (Å²) in [5, 5.41) is 9.37. The van der Waals surface area contributed by atoms with Crippen LogP contribution in [0.15, 0.2) is 0 Å². The summed E-state index contributed by atoms with van der Waals surface area (Å²) < 4.78 is 0. The van der Waals surface area contributed by atoms with Gasteiger partial charge in [-0.25, -0.2) is 0 Å². The third-order valence-electron chi connectivity index (χ3n) is 2.48. The second-order valence-electron chi connectivity index (χ2n) is 3.04. The molecule has 3 heteroatoms. The second-order valence-corrected chi connectivity index (χ2v) is 3.04. The highest BCUT2D eigenvalue weighted by Crippen LogP contribution is 2.49. The van der Waals surface area contributed by atoms with Gasteiger partial charge in [0.05, 0.1) is 0 Å². The van der Waals surface area contributed by atoms with Crippen LogP contribution in [0.1, 0.15) is 13.3 Å². The molecule has 1 amide bonds. The van der Waals surface area contributed by atoms with Crippen molar-refractivity contribution >= 4 is 5.91 Å². The molecule has 2 aliphatic rings. The Balaban J connectivity index is 2.16. The Morgan fingerprint density at radius 3 is 2.80 bits per heavy atom. The van der Waals surface area contributed by atoms with Crippen LogP contribution in [0.4, 0.5) is 0 Å². The van der Waals surface area contributed by atoms with E-state index in [1.165, 1.54) is 0 Å². The normalized spacial score (nSPS) is 44.0. The molecule has 0 spiro atoms. The molecule has 1 aliphatic heterocycles. The zero-order valence-corrected chi connectivity index (χ0v) is 5.95. The molecule has 0 aromatic rings. The van der Waals surface area contributed by atoms with Gasteiger partial charge in [0.1, 0.15) is 6.23 Å². The lowest BCUT2D eigenvalue weighted by atomic mass is 10.3. The number of fused-ring (bicyclic) bond motifs is 1. The van der Waals surface area contributed by atoms with Crippen molar-refractivity contribution in [3.05, 3.63) is 0 Å². The maximum absolute atomic E-state index is 11.2. The average Bonchev–Trinajstić information content (AvgIpc) is 2.62. The van der Waals surface area contributed by atoms with E-state index in [1.807, 2.05) is 6.92 Å². The van der Waals surface area contributed by atoms with Gasteiger partial charge in [-0.15, -0.1) is 0 Å². The molecular weight excluding hydrogens is 130 g/mol. The number of carbonyl (C=O) groups excluding carboxylic acids is 1. The van der Waals surface area contributed by atoms with Crippen molar-refractivity contribution in [3.8, 4) is 0 Å². The van der Waals surface area contributed by atoms with Gasteiger partial charge in [-0.2, -0.15) is 0 Å². The van der Waals surface area contributed by atoms with E-state index in [4.69, 9.17) is 0 Å². The Hall–Kier alpha value is -0.570. The van der Waals surface area contributed by atoms with Gasteiger partial charge < -0.3 is 10.0 Å². The summed E-state index contributed by atoms with van der Waals surface area (Å²) in [6.07, 6.45) is 0.443. The van der Waals surface area contributed by atoms with Gasteiger partial charge in [-0.05, 0) is 13.3 Å². The van der Waals surface area contributed by atoms with E-state index in [1.54, 1.807) is 4.90 Å². The van der Waals surface area contributed by atoms with Gasteiger partial charge in [0, 0.05) is 18.4 Å². The maximum atomic E-state index is 11.2. The Morgan fingerprint density at radius 2 is 2.50 bits per heavy atom. The monoisotopic (exact) mass is 141 g/mol. The minimum absolute atomic E-state index is 0.153. The van der Waals surface area contributed by atoms with Gasteiger partial charge in [0.15, 0.2) is 0 Å². The van der Waals surface area contributed by atoms with Crippen LogP contribution in [0.3, 0.4) is 0 Å². The van der Waals surface area contributed by atoms with Gasteiger partial charge in [0.2, 0.25) is 5.91 Å². The highest BCUT2D eigenvalue weighted by Gasteiger charge is 2.57. The summed E-state index contributed by atoms with van der Waals surface area (Å²) in [6.45, 7) is 2.54. The number of amides is 1. The van der Waals surface area contributed by atoms with Crippen LogP contribution in [-0.2, 0) is 4.79 Å². The summed E-state index contributed by atoms with van der Waals surface area (Å²) in [6, 6.07) is 0. The zero-order valence-electron chi connectivity index (χ0n) is 5.95. The summed E-state index contributed by atoms with van der Waals surface area (Å²) in [5.74, 6) is 0.599. The lowest BCUT2D eigenvalue weighted by Crippen LogP contribution is -2.36. The highest BCUT2D eigenvalue weighted by molar-refractivity contribution is 5.84. The lowest BCUT2D eigenvalue weighted by Gasteiger charge is -2.20. The standard InChI is InChI=1S/C7H11NO2/c1-2-8-6(9)4-3-5(4)7(8)10/h4-6,9H,2-3H2,1H3. The lowest BCUT2D eigenvalue weighted by molar-refractivity contribution is -0.136. The number of aliphatic hydroxyl groups excluding tert-OH is 1. The first-order valence-corrected chi connectivity index (χ1v) is 3.74. The fourth-order valence-electron chi connectivity index (χ4n) is 1.75. The largest absolute Gasteiger partial charge is 0.373 e. The van der Waals surface area contributed by atoms with Crippen LogP contribution in [0.25, 0.3) is 0 Å². The molecule has 2 rings (SSSR count). The van der Waals surface area contributed by atoms with Crippen LogP contribution < -0.4 is 0 Å². The summed E-state index contributed by atoms with van der Waals surface area (Å²) in [7, 11) is 0. The molecule has 0 bridgehead atoms. The summed E-state index contributed by atoms with van der Waals surface area (Å²) in [5.41, 5.74) is 0. The number of rotatable bonds is 1. The molecule has 0 aromatic heterocycles. The molecule has 1 heterocycles. The molecule has 0 radical (unpaired) electrons. The van der Waals surface area contributed by atoms with E-state index in [-0.39, 0.29) is 17.7 Å². The molecule has 1 N–H and O–H groups in total. The number of nitrogens with zero attached hydrogens (tertiary/aromatic N) is 1. The van der Waals surface area contributed by atoms with E-state index in [2.05, 4.69) is 0 Å². The van der Waals surface area contributed by atoms with Crippen molar-refractivity contribution in [3.63, 3.8) is 0 Å². The minimum Gasteiger partial charge on any atom is -0.373 e. The Bertz CT molecular complexity index is 180. The fourth-order valence-corrected chi connectivity index (χ4v) is 1.75. The van der Waals surface area contributed by atoms with Crippen LogP contribution in [0, 0.1) is 11.8 Å². The number of hydrogen-bond donors (Lipinski definition) is 1. The van der Waals surface area contributed by atoms with Crippen LogP contribution >= 0.6 is 0 Å². The van der Waals surface area contributed by atoms with Crippen LogP contribution in [0.2, 0.25) is 0 Å². The zero-order chi connectivity index (χ0) is 7.30. The number of carbonyl (C=O) groups is 1. The smallest absolute Gasteiger partial charge is 0.228 e. The summed E-state index contributed by atoms with van der Waals surface area (Å²) >= 11 is 0. The average molecular weight is 141 g/mol. The molecular formula is C7H11NO2. The molecule has 0 aromatic carbocycles. The van der Waals surface area contributed by atoms with Crippen molar-refractivity contribution in [2.75, 3.05) is 6.54 Å². The van der Waals surface area contributed by atoms with E-state index in [0.29, 0.717) is 6.54 Å². The van der Waals surface area contributed by atoms with Gasteiger partial charge in [-0.3, -0.25) is 4.79 Å². The number of likely N-dealkylation sites (tertiary alicyclic amines) is 1. The summed E-state index contributed by atoms with van der Waals surface area (Å²) in [4.78, 5) is 12.7. The number of aliphatic hydroxyl groups is 1. The molecule has 3 unspecified atom stereocenters. The van der Waals surface area contributed by atoms with E-state index in [9.17, 15) is 9.90 Å². The second kappa shape index (κ2) is 1.72. The van der Waals surface area contributed by atoms with Gasteiger partial charge in [-0.1, -0.05) is 0 Å². The van der Waals surface area contributed by atoms with Crippen molar-refractivity contribution < 1.29 is 9.90 Å². The third-order valence-corrected chi connectivity index (χ3v) is 2.48. The van der Waals surface area contributed by atoms with Crippen LogP contribution in [-0.4, -0.2) is 28.7 Å². The maximum Gasteiger partial charge on any atom is 0.228 e. The number of piperidine rings is 1. The van der Waals surface area contributed by atoms with Crippen molar-refractivity contribution in [1.82, 2.24) is 4.90 Å². The molecule has 10 heavy (non-hydrogen) atoms. The first kappa shape index (κ1) is 6.16. The Labute approximate surface area is 59.6 Å². The van der Waals surface area contributed by atoms with Crippen molar-refractivity contribution in [2.24, 2.45) is 11.8 Å². The SMILES string of the molecule is CCN1C(=O)C2CC2C1O. The predicted octanol–water partition coefficient (Wildman–Crippen LogP) is -0.197.